The molecule has 2 unspecified atom stereocenters. The Morgan fingerprint density at radius 2 is 2.05 bits per heavy atom. The van der Waals surface area contributed by atoms with Crippen LogP contribution in [0.25, 0.3) is 0 Å². The van der Waals surface area contributed by atoms with Crippen LogP contribution in [0.5, 0.6) is 0 Å². The molecule has 0 aliphatic carbocycles. The summed E-state index contributed by atoms with van der Waals surface area (Å²) < 4.78 is 11.7. The lowest BCUT2D eigenvalue weighted by Gasteiger charge is -2.31. The summed E-state index contributed by atoms with van der Waals surface area (Å²) in [5.74, 6) is -0.465. The predicted octanol–water partition coefficient (Wildman–Crippen LogP) is 2.80. The molecule has 0 aliphatic rings. The fourth-order valence-electron chi connectivity index (χ4n) is 1.15. The molecule has 0 aromatic rings. The molecule has 19 heavy (non-hydrogen) atoms. The van der Waals surface area contributed by atoms with Gasteiger partial charge in [0.05, 0.1) is 13.2 Å². The zero-order valence-corrected chi connectivity index (χ0v) is 14.4. The van der Waals surface area contributed by atoms with Crippen molar-refractivity contribution in [3.8, 4) is 0 Å². The summed E-state index contributed by atoms with van der Waals surface area (Å²) in [5, 5.41) is 0.266. The highest BCUT2D eigenvalue weighted by molar-refractivity contribution is 8.69. The molecule has 0 bridgehead atoms. The van der Waals surface area contributed by atoms with Crippen LogP contribution in [0.2, 0.25) is 0 Å². The first-order valence-corrected chi connectivity index (χ1v) is 10.4. The Morgan fingerprint density at radius 3 is 2.47 bits per heavy atom. The molecule has 5 nitrogen and oxygen atoms in total. The third kappa shape index (κ3) is 6.75. The minimum Gasteiger partial charge on any atom is -0.465 e. The SMILES string of the molecule is CCOC(=O)CN(C=O)P(=S)(OCC)SC(C)CC. The van der Waals surface area contributed by atoms with Crippen molar-refractivity contribution >= 4 is 41.2 Å². The van der Waals surface area contributed by atoms with E-state index in [4.69, 9.17) is 21.1 Å². The number of ether oxygens (including phenoxy) is 1. The standard InChI is InChI=1S/C11H22NO4PS2/c1-5-10(4)19-17(18,16-7-3)12(9-13)8-11(14)15-6-2/h9-10H,5-8H2,1-4H3. The van der Waals surface area contributed by atoms with E-state index in [1.54, 1.807) is 6.92 Å². The van der Waals surface area contributed by atoms with Crippen LogP contribution in [0.1, 0.15) is 34.1 Å². The van der Waals surface area contributed by atoms with Gasteiger partial charge in [0.15, 0.2) is 0 Å². The van der Waals surface area contributed by atoms with Crippen molar-refractivity contribution in [1.82, 2.24) is 4.67 Å². The molecule has 0 fully saturated rings. The molecule has 0 rings (SSSR count). The van der Waals surface area contributed by atoms with Gasteiger partial charge in [-0.25, -0.2) is 0 Å². The lowest BCUT2D eigenvalue weighted by Crippen LogP contribution is -2.27. The average molecular weight is 327 g/mol. The summed E-state index contributed by atoms with van der Waals surface area (Å²) in [5.41, 5.74) is -2.57. The lowest BCUT2D eigenvalue weighted by atomic mass is 10.4. The van der Waals surface area contributed by atoms with E-state index in [0.29, 0.717) is 13.0 Å². The van der Waals surface area contributed by atoms with E-state index in [1.807, 2.05) is 20.8 Å². The molecule has 8 heteroatoms. The average Bonchev–Trinajstić information content (AvgIpc) is 2.36. The molecule has 0 radical (unpaired) electrons. The monoisotopic (exact) mass is 327 g/mol. The van der Waals surface area contributed by atoms with Gasteiger partial charge in [0.1, 0.15) is 6.54 Å². The Hall–Kier alpha value is -0.100. The Balaban J connectivity index is 4.93. The number of nitrogens with zero attached hydrogens (tertiary/aromatic N) is 1. The smallest absolute Gasteiger partial charge is 0.326 e. The highest BCUT2D eigenvalue weighted by Crippen LogP contribution is 2.64. The molecule has 0 aromatic carbocycles. The fraction of sp³-hybridized carbons (Fsp3) is 0.818. The van der Waals surface area contributed by atoms with E-state index < -0.39 is 11.6 Å². The molecule has 0 N–H and O–H groups in total. The molecule has 112 valence electrons. The second-order valence-electron chi connectivity index (χ2n) is 3.72. The number of amides is 1. The summed E-state index contributed by atoms with van der Waals surface area (Å²) in [4.78, 5) is 22.7. The van der Waals surface area contributed by atoms with Crippen molar-refractivity contribution in [3.05, 3.63) is 0 Å². The van der Waals surface area contributed by atoms with Gasteiger partial charge >= 0.3 is 5.97 Å². The first kappa shape index (κ1) is 18.9. The van der Waals surface area contributed by atoms with Gasteiger partial charge < -0.3 is 9.26 Å². The van der Waals surface area contributed by atoms with Crippen molar-refractivity contribution in [2.75, 3.05) is 19.8 Å². The van der Waals surface area contributed by atoms with Crippen LogP contribution in [-0.4, -0.2) is 42.1 Å². The minimum atomic E-state index is -2.57. The van der Waals surface area contributed by atoms with Crippen molar-refractivity contribution in [3.63, 3.8) is 0 Å². The van der Waals surface area contributed by atoms with Gasteiger partial charge in [-0.15, -0.1) is 0 Å². The third-order valence-corrected chi connectivity index (χ3v) is 9.17. The third-order valence-electron chi connectivity index (χ3n) is 2.21. The molecule has 0 aromatic heterocycles. The normalized spacial score (nSPS) is 15.4. The number of esters is 1. The van der Waals surface area contributed by atoms with Crippen LogP contribution in [0, 0.1) is 0 Å². The second-order valence-corrected chi connectivity index (χ2v) is 10.7. The van der Waals surface area contributed by atoms with Gasteiger partial charge in [-0.1, -0.05) is 25.2 Å². The van der Waals surface area contributed by atoms with E-state index in [9.17, 15) is 9.59 Å². The molecule has 0 heterocycles. The maximum atomic E-state index is 11.5. The zero-order valence-electron chi connectivity index (χ0n) is 11.8. The van der Waals surface area contributed by atoms with Gasteiger partial charge in [0, 0.05) is 5.25 Å². The highest BCUT2D eigenvalue weighted by Gasteiger charge is 2.30. The van der Waals surface area contributed by atoms with E-state index in [2.05, 4.69) is 0 Å². The van der Waals surface area contributed by atoms with Gasteiger partial charge in [0.25, 0.3) is 0 Å². The summed E-state index contributed by atoms with van der Waals surface area (Å²) in [6.07, 6.45) is 1.50. The van der Waals surface area contributed by atoms with Crippen LogP contribution in [0.4, 0.5) is 0 Å². The number of carbonyl (C=O) groups excluding carboxylic acids is 2. The van der Waals surface area contributed by atoms with Crippen molar-refractivity contribution in [1.29, 1.82) is 0 Å². The molecule has 0 spiro atoms. The predicted molar refractivity (Wildman–Crippen MR) is 82.7 cm³/mol. The molecule has 0 saturated heterocycles. The molecule has 2 atom stereocenters. The summed E-state index contributed by atoms with van der Waals surface area (Å²) in [7, 11) is 0. The summed E-state index contributed by atoms with van der Waals surface area (Å²) in [6.45, 7) is 8.15. The van der Waals surface area contributed by atoms with Crippen LogP contribution in [-0.2, 0) is 30.7 Å². The van der Waals surface area contributed by atoms with Gasteiger partial charge in [-0.2, -0.15) is 0 Å². The summed E-state index contributed by atoms with van der Waals surface area (Å²) in [6, 6.07) is 0. The second kappa shape index (κ2) is 9.75. The number of hydrogen-bond donors (Lipinski definition) is 0. The van der Waals surface area contributed by atoms with Gasteiger partial charge in [-0.05, 0) is 32.1 Å². The first-order valence-electron chi connectivity index (χ1n) is 6.24. The topological polar surface area (TPSA) is 55.8 Å². The molecule has 0 aliphatic heterocycles. The van der Waals surface area contributed by atoms with Gasteiger partial charge in [0.2, 0.25) is 12.0 Å². The zero-order chi connectivity index (χ0) is 14.9. The maximum absolute atomic E-state index is 11.5. The quantitative estimate of drug-likeness (QED) is 0.349. The molecule has 1 amide bonds. The van der Waals surface area contributed by atoms with E-state index >= 15 is 0 Å². The Labute approximate surface area is 124 Å². The van der Waals surface area contributed by atoms with Crippen LogP contribution in [0.15, 0.2) is 0 Å². The number of hydrogen-bond acceptors (Lipinski definition) is 6. The highest BCUT2D eigenvalue weighted by atomic mass is 32.9. The van der Waals surface area contributed by atoms with Crippen molar-refractivity contribution in [2.24, 2.45) is 0 Å². The Bertz CT molecular complexity index is 341. The Kier molecular flexibility index (Phi) is 9.70. The fourth-order valence-corrected chi connectivity index (χ4v) is 7.70. The van der Waals surface area contributed by atoms with Crippen LogP contribution in [0.3, 0.4) is 0 Å². The van der Waals surface area contributed by atoms with Crippen LogP contribution < -0.4 is 0 Å². The van der Waals surface area contributed by atoms with Crippen molar-refractivity contribution in [2.45, 2.75) is 39.4 Å². The molecule has 0 saturated carbocycles. The number of carbonyl (C=O) groups is 2. The minimum absolute atomic E-state index is 0.155. The van der Waals surface area contributed by atoms with Crippen LogP contribution >= 0.6 is 17.0 Å². The Morgan fingerprint density at radius 1 is 1.42 bits per heavy atom. The molecular weight excluding hydrogens is 305 g/mol. The first-order chi connectivity index (χ1) is 8.93. The number of rotatable bonds is 10. The maximum Gasteiger partial charge on any atom is 0.326 e. The van der Waals surface area contributed by atoms with Crippen molar-refractivity contribution < 1.29 is 18.8 Å². The van der Waals surface area contributed by atoms with E-state index in [1.165, 1.54) is 16.1 Å². The molecular formula is C11H22NO4PS2. The summed E-state index contributed by atoms with van der Waals surface area (Å²) >= 11 is 6.96. The van der Waals surface area contributed by atoms with E-state index in [0.717, 1.165) is 6.42 Å². The lowest BCUT2D eigenvalue weighted by molar-refractivity contribution is -0.144. The largest absolute Gasteiger partial charge is 0.465 e. The van der Waals surface area contributed by atoms with Gasteiger partial charge in [-0.3, -0.25) is 14.3 Å². The van der Waals surface area contributed by atoms with E-state index in [-0.39, 0.29) is 18.4 Å².